The van der Waals surface area contributed by atoms with E-state index >= 15 is 0 Å². The van der Waals surface area contributed by atoms with E-state index in [1.165, 1.54) is 4.90 Å². The van der Waals surface area contributed by atoms with Crippen LogP contribution in [0.15, 0.2) is 0 Å². The number of urea groups is 1. The normalized spacial score (nSPS) is 31.3. The molecule has 102 valence electrons. The number of carboxylic acid groups (broad SMARTS) is 1. The lowest BCUT2D eigenvalue weighted by Crippen LogP contribution is -2.50. The molecule has 2 fully saturated rings. The summed E-state index contributed by atoms with van der Waals surface area (Å²) in [5, 5.41) is 11.9. The van der Waals surface area contributed by atoms with Crippen LogP contribution in [0.3, 0.4) is 0 Å². The van der Waals surface area contributed by atoms with Crippen LogP contribution in [0.1, 0.15) is 6.42 Å². The van der Waals surface area contributed by atoms with Crippen molar-refractivity contribution >= 4 is 12.0 Å². The minimum absolute atomic E-state index is 0.0190. The molecule has 0 saturated carbocycles. The maximum Gasteiger partial charge on any atom is 0.317 e. The number of nitrogens with zero attached hydrogens (tertiary/aromatic N) is 1. The largest absolute Gasteiger partial charge is 0.481 e. The minimum atomic E-state index is -0.929. The molecule has 2 saturated heterocycles. The third-order valence-corrected chi connectivity index (χ3v) is 3.44. The zero-order chi connectivity index (χ0) is 13.1. The Balaban J connectivity index is 1.90. The fourth-order valence-electron chi connectivity index (χ4n) is 2.24. The average Bonchev–Trinajstić information content (AvgIpc) is 2.97. The lowest BCUT2D eigenvalue weighted by atomic mass is 10.0. The number of hydrogen-bond donors (Lipinski definition) is 2. The van der Waals surface area contributed by atoms with Gasteiger partial charge in [-0.2, -0.15) is 0 Å². The Morgan fingerprint density at radius 2 is 2.06 bits per heavy atom. The molecular weight excluding hydrogens is 240 g/mol. The van der Waals surface area contributed by atoms with Gasteiger partial charge in [0.15, 0.2) is 0 Å². The van der Waals surface area contributed by atoms with Crippen molar-refractivity contribution in [3.63, 3.8) is 0 Å². The van der Waals surface area contributed by atoms with Crippen molar-refractivity contribution in [3.8, 4) is 0 Å². The molecule has 0 spiro atoms. The Morgan fingerprint density at radius 1 is 1.28 bits per heavy atom. The van der Waals surface area contributed by atoms with E-state index in [1.807, 2.05) is 0 Å². The van der Waals surface area contributed by atoms with Crippen LogP contribution in [-0.2, 0) is 14.3 Å². The molecule has 18 heavy (non-hydrogen) atoms. The van der Waals surface area contributed by atoms with Gasteiger partial charge in [0.05, 0.1) is 31.9 Å². The molecule has 0 aromatic carbocycles. The van der Waals surface area contributed by atoms with Crippen LogP contribution >= 0.6 is 0 Å². The minimum Gasteiger partial charge on any atom is -0.481 e. The number of rotatable bonds is 3. The van der Waals surface area contributed by atoms with Crippen LogP contribution < -0.4 is 5.32 Å². The maximum atomic E-state index is 12.0. The van der Waals surface area contributed by atoms with Crippen molar-refractivity contribution in [2.24, 2.45) is 5.92 Å². The maximum absolute atomic E-state index is 12.0. The first-order valence-electron chi connectivity index (χ1n) is 6.01. The van der Waals surface area contributed by atoms with E-state index in [2.05, 4.69) is 5.32 Å². The predicted octanol–water partition coefficient (Wildman–Crippen LogP) is -0.484. The Kier molecular flexibility index (Phi) is 4.03. The highest BCUT2D eigenvalue weighted by atomic mass is 16.5. The van der Waals surface area contributed by atoms with Crippen molar-refractivity contribution < 1.29 is 24.2 Å². The van der Waals surface area contributed by atoms with Crippen LogP contribution in [0.25, 0.3) is 0 Å². The average molecular weight is 258 g/mol. The first-order valence-corrected chi connectivity index (χ1v) is 6.01. The van der Waals surface area contributed by atoms with E-state index in [9.17, 15) is 9.59 Å². The summed E-state index contributed by atoms with van der Waals surface area (Å²) in [5.74, 6) is -1.58. The van der Waals surface area contributed by atoms with Gasteiger partial charge in [-0.3, -0.25) is 4.79 Å². The number of likely N-dealkylation sites (N-methyl/N-ethyl adjacent to an activating group) is 1. The summed E-state index contributed by atoms with van der Waals surface area (Å²) in [6.45, 7) is 1.59. The van der Waals surface area contributed by atoms with Crippen LogP contribution in [0.2, 0.25) is 0 Å². The lowest BCUT2D eigenvalue weighted by Gasteiger charge is -2.27. The Morgan fingerprint density at radius 3 is 2.67 bits per heavy atom. The van der Waals surface area contributed by atoms with Gasteiger partial charge in [-0.05, 0) is 6.42 Å². The summed E-state index contributed by atoms with van der Waals surface area (Å²) in [6, 6.07) is -0.664. The quantitative estimate of drug-likeness (QED) is 0.713. The van der Waals surface area contributed by atoms with Crippen LogP contribution in [0.5, 0.6) is 0 Å². The summed E-state index contributed by atoms with van der Waals surface area (Å²) in [5.41, 5.74) is 0. The topological polar surface area (TPSA) is 88.1 Å². The van der Waals surface area contributed by atoms with Crippen molar-refractivity contribution in [2.45, 2.75) is 18.5 Å². The van der Waals surface area contributed by atoms with E-state index in [1.54, 1.807) is 7.05 Å². The zero-order valence-corrected chi connectivity index (χ0v) is 10.3. The number of carboxylic acids is 1. The number of ether oxygens (including phenoxy) is 2. The number of aliphatic carboxylic acids is 1. The molecule has 0 aromatic rings. The highest BCUT2D eigenvalue weighted by Crippen LogP contribution is 2.19. The highest BCUT2D eigenvalue weighted by molar-refractivity contribution is 5.77. The molecule has 2 aliphatic rings. The Labute approximate surface area is 105 Å². The van der Waals surface area contributed by atoms with Gasteiger partial charge < -0.3 is 24.8 Å². The fraction of sp³-hybridized carbons (Fsp3) is 0.818. The Bertz CT molecular complexity index is 329. The van der Waals surface area contributed by atoms with Crippen molar-refractivity contribution in [2.75, 3.05) is 33.5 Å². The lowest BCUT2D eigenvalue weighted by molar-refractivity contribution is -0.142. The zero-order valence-electron chi connectivity index (χ0n) is 10.3. The van der Waals surface area contributed by atoms with Crippen LogP contribution in [0.4, 0.5) is 4.79 Å². The summed E-state index contributed by atoms with van der Waals surface area (Å²) in [6.07, 6.45) is 0.795. The molecule has 2 heterocycles. The van der Waals surface area contributed by atoms with Gasteiger partial charge in [0.1, 0.15) is 5.92 Å². The molecule has 3 atom stereocenters. The van der Waals surface area contributed by atoms with Gasteiger partial charge in [-0.25, -0.2) is 4.79 Å². The molecule has 7 nitrogen and oxygen atoms in total. The number of hydrogen-bond acceptors (Lipinski definition) is 4. The second kappa shape index (κ2) is 5.53. The summed E-state index contributed by atoms with van der Waals surface area (Å²) in [4.78, 5) is 24.4. The van der Waals surface area contributed by atoms with Gasteiger partial charge in [0.2, 0.25) is 0 Å². The third-order valence-electron chi connectivity index (χ3n) is 3.44. The monoisotopic (exact) mass is 258 g/mol. The van der Waals surface area contributed by atoms with E-state index in [0.29, 0.717) is 13.2 Å². The number of nitrogens with one attached hydrogen (secondary N) is 1. The summed E-state index contributed by atoms with van der Waals surface area (Å²) >= 11 is 0. The van der Waals surface area contributed by atoms with Gasteiger partial charge in [-0.15, -0.1) is 0 Å². The molecular formula is C11H18N2O5. The SMILES string of the molecule is CN(C(=O)NC1CCOC1)C1COCC1C(=O)O. The molecule has 2 rings (SSSR count). The molecule has 7 heteroatoms. The molecule has 0 aliphatic carbocycles. The van der Waals surface area contributed by atoms with E-state index < -0.39 is 17.9 Å². The molecule has 2 aliphatic heterocycles. The number of carbonyl (C=O) groups is 2. The molecule has 2 amide bonds. The van der Waals surface area contributed by atoms with E-state index in [-0.39, 0.29) is 25.3 Å². The molecule has 0 aromatic heterocycles. The predicted molar refractivity (Wildman–Crippen MR) is 61.3 cm³/mol. The molecule has 2 N–H and O–H groups in total. The second-order valence-corrected chi connectivity index (χ2v) is 4.67. The number of amides is 2. The van der Waals surface area contributed by atoms with Gasteiger partial charge >= 0.3 is 12.0 Å². The van der Waals surface area contributed by atoms with E-state index in [0.717, 1.165) is 6.42 Å². The third kappa shape index (κ3) is 2.73. The van der Waals surface area contributed by atoms with Gasteiger partial charge in [0, 0.05) is 13.7 Å². The van der Waals surface area contributed by atoms with Crippen molar-refractivity contribution in [1.29, 1.82) is 0 Å². The van der Waals surface area contributed by atoms with Crippen molar-refractivity contribution in [1.82, 2.24) is 10.2 Å². The fourth-order valence-corrected chi connectivity index (χ4v) is 2.24. The van der Waals surface area contributed by atoms with Gasteiger partial charge in [-0.1, -0.05) is 0 Å². The highest BCUT2D eigenvalue weighted by Gasteiger charge is 2.38. The summed E-state index contributed by atoms with van der Waals surface area (Å²) in [7, 11) is 1.60. The standard InChI is InChI=1S/C11H18N2O5/c1-13(9-6-18-5-8(9)10(14)15)11(16)12-7-2-3-17-4-7/h7-9H,2-6H2,1H3,(H,12,16)(H,14,15). The van der Waals surface area contributed by atoms with Crippen molar-refractivity contribution in [3.05, 3.63) is 0 Å². The molecule has 3 unspecified atom stereocenters. The Hall–Kier alpha value is -1.34. The molecule has 0 bridgehead atoms. The van der Waals surface area contributed by atoms with Crippen LogP contribution in [0, 0.1) is 5.92 Å². The second-order valence-electron chi connectivity index (χ2n) is 4.67. The number of carbonyl (C=O) groups excluding carboxylic acids is 1. The smallest absolute Gasteiger partial charge is 0.317 e. The summed E-state index contributed by atoms with van der Waals surface area (Å²) < 4.78 is 10.3. The molecule has 0 radical (unpaired) electrons. The van der Waals surface area contributed by atoms with Gasteiger partial charge in [0.25, 0.3) is 0 Å². The first-order chi connectivity index (χ1) is 8.59. The first kappa shape index (κ1) is 13.1. The van der Waals surface area contributed by atoms with Crippen LogP contribution in [-0.4, -0.2) is 67.6 Å². The van der Waals surface area contributed by atoms with E-state index in [4.69, 9.17) is 14.6 Å².